The Kier molecular flexibility index (Phi) is 10.2. The van der Waals surface area contributed by atoms with E-state index in [1.165, 1.54) is 17.0 Å². The second kappa shape index (κ2) is 14.0. The van der Waals surface area contributed by atoms with Crippen molar-refractivity contribution >= 4 is 21.8 Å². The molecule has 0 fully saturated rings. The van der Waals surface area contributed by atoms with Crippen molar-refractivity contribution in [3.63, 3.8) is 0 Å². The maximum atomic E-state index is 14.1. The molecule has 1 unspecified atom stereocenters. The summed E-state index contributed by atoms with van der Waals surface area (Å²) in [5.74, 6) is -1.43. The third kappa shape index (κ3) is 8.58. The van der Waals surface area contributed by atoms with Crippen molar-refractivity contribution in [1.82, 2.24) is 14.5 Å². The van der Waals surface area contributed by atoms with Crippen LogP contribution < -0.4 is 5.32 Å². The molecule has 218 valence electrons. The first kappa shape index (κ1) is 30.6. The minimum absolute atomic E-state index is 0.00851. The number of nitrogens with zero attached hydrogens (tertiary/aromatic N) is 2. The second-order valence-corrected chi connectivity index (χ2v) is 12.2. The number of benzene rings is 4. The molecule has 9 heteroatoms. The molecule has 1 atom stereocenters. The number of carbonyl (C=O) groups excluding carboxylic acids is 2. The lowest BCUT2D eigenvalue weighted by Crippen LogP contribution is -2.47. The average molecular weight is 588 g/mol. The summed E-state index contributed by atoms with van der Waals surface area (Å²) in [5.41, 5.74) is 3.85. The molecule has 2 amide bonds. The summed E-state index contributed by atoms with van der Waals surface area (Å²) in [6.45, 7) is 1.68. The number of amides is 2. The molecule has 0 spiro atoms. The number of aryl methyl sites for hydroxylation is 1. The van der Waals surface area contributed by atoms with Gasteiger partial charge in [-0.15, -0.1) is 0 Å². The minimum Gasteiger partial charge on any atom is -0.350 e. The third-order valence-corrected chi connectivity index (χ3v) is 8.03. The lowest BCUT2D eigenvalue weighted by molar-refractivity contribution is -0.141. The van der Waals surface area contributed by atoms with E-state index < -0.39 is 40.2 Å². The molecule has 4 rings (SSSR count). The molecular weight excluding hydrogens is 553 g/mol. The molecule has 0 aliphatic carbocycles. The zero-order valence-corrected chi connectivity index (χ0v) is 24.4. The Morgan fingerprint density at radius 2 is 1.31 bits per heavy atom. The Hall–Kier alpha value is -4.34. The first-order valence-corrected chi connectivity index (χ1v) is 15.4. The van der Waals surface area contributed by atoms with Crippen LogP contribution in [-0.4, -0.2) is 42.2 Å². The van der Waals surface area contributed by atoms with Gasteiger partial charge in [0.15, 0.2) is 0 Å². The molecule has 0 aliphatic heterocycles. The summed E-state index contributed by atoms with van der Waals surface area (Å²) in [6, 6.07) is 30.1. The lowest BCUT2D eigenvalue weighted by atomic mass is 10.0. The average Bonchev–Trinajstić information content (AvgIpc) is 2.98. The van der Waals surface area contributed by atoms with Gasteiger partial charge in [-0.1, -0.05) is 103 Å². The fraction of sp³-hybridized carbons (Fsp3) is 0.212. The number of sulfonamides is 1. The van der Waals surface area contributed by atoms with Crippen LogP contribution in [0.5, 0.6) is 0 Å². The molecule has 0 saturated heterocycles. The summed E-state index contributed by atoms with van der Waals surface area (Å²) in [5, 5.41) is 2.95. The van der Waals surface area contributed by atoms with Gasteiger partial charge in [-0.2, -0.15) is 4.31 Å². The van der Waals surface area contributed by atoms with E-state index in [0.717, 1.165) is 27.3 Å². The van der Waals surface area contributed by atoms with E-state index in [9.17, 15) is 22.4 Å². The van der Waals surface area contributed by atoms with Crippen molar-refractivity contribution in [3.05, 3.63) is 143 Å². The Bertz CT molecular complexity index is 1580. The van der Waals surface area contributed by atoms with E-state index >= 15 is 0 Å². The standard InChI is InChI=1S/C33H34FN3O4S/c1-25-13-15-26(16-14-25)21-35-33(39)32(29-11-7-4-8-12-29)37(23-28-17-19-30(34)20-18-28)31(38)24-36(42(2,40)41)22-27-9-5-3-6-10-27/h3-20,32H,21-24H2,1-2H3,(H,35,39). The topological polar surface area (TPSA) is 86.8 Å². The molecule has 4 aromatic rings. The van der Waals surface area contributed by atoms with Crippen LogP contribution in [-0.2, 0) is 39.2 Å². The molecule has 0 radical (unpaired) electrons. The molecule has 0 aliphatic rings. The number of carbonyl (C=O) groups is 2. The molecule has 0 bridgehead atoms. The van der Waals surface area contributed by atoms with Crippen molar-refractivity contribution in [3.8, 4) is 0 Å². The fourth-order valence-electron chi connectivity index (χ4n) is 4.53. The first-order valence-electron chi connectivity index (χ1n) is 13.5. The van der Waals surface area contributed by atoms with E-state index in [1.807, 2.05) is 43.3 Å². The van der Waals surface area contributed by atoms with Crippen LogP contribution in [0.15, 0.2) is 109 Å². The van der Waals surface area contributed by atoms with Crippen molar-refractivity contribution in [2.75, 3.05) is 12.8 Å². The van der Waals surface area contributed by atoms with Gasteiger partial charge in [0.1, 0.15) is 11.9 Å². The van der Waals surface area contributed by atoms with Crippen LogP contribution in [0.4, 0.5) is 4.39 Å². The zero-order valence-electron chi connectivity index (χ0n) is 23.6. The Balaban J connectivity index is 1.69. The highest BCUT2D eigenvalue weighted by Crippen LogP contribution is 2.25. The van der Waals surface area contributed by atoms with Crippen LogP contribution >= 0.6 is 0 Å². The maximum absolute atomic E-state index is 14.1. The highest BCUT2D eigenvalue weighted by molar-refractivity contribution is 7.88. The van der Waals surface area contributed by atoms with Crippen LogP contribution in [0.2, 0.25) is 0 Å². The maximum Gasteiger partial charge on any atom is 0.247 e. The van der Waals surface area contributed by atoms with Crippen LogP contribution in [0.1, 0.15) is 33.9 Å². The van der Waals surface area contributed by atoms with Gasteiger partial charge < -0.3 is 10.2 Å². The summed E-state index contributed by atoms with van der Waals surface area (Å²) in [7, 11) is -3.79. The molecule has 1 N–H and O–H groups in total. The molecule has 7 nitrogen and oxygen atoms in total. The summed E-state index contributed by atoms with van der Waals surface area (Å²) in [4.78, 5) is 29.3. The lowest BCUT2D eigenvalue weighted by Gasteiger charge is -2.33. The molecule has 0 saturated carbocycles. The third-order valence-electron chi connectivity index (χ3n) is 6.83. The Labute approximate surface area is 246 Å². The van der Waals surface area contributed by atoms with Gasteiger partial charge in [-0.05, 0) is 41.3 Å². The fourth-order valence-corrected chi connectivity index (χ4v) is 5.26. The molecular formula is C33H34FN3O4S. The summed E-state index contributed by atoms with van der Waals surface area (Å²) < 4.78 is 40.4. The molecule has 42 heavy (non-hydrogen) atoms. The van der Waals surface area contributed by atoms with Gasteiger partial charge in [-0.3, -0.25) is 9.59 Å². The molecule has 4 aromatic carbocycles. The van der Waals surface area contributed by atoms with Crippen molar-refractivity contribution in [2.45, 2.75) is 32.6 Å². The Morgan fingerprint density at radius 3 is 1.90 bits per heavy atom. The smallest absolute Gasteiger partial charge is 0.247 e. The van der Waals surface area contributed by atoms with Gasteiger partial charge >= 0.3 is 0 Å². The predicted octanol–water partition coefficient (Wildman–Crippen LogP) is 4.98. The number of nitrogens with one attached hydrogen (secondary N) is 1. The monoisotopic (exact) mass is 587 g/mol. The van der Waals surface area contributed by atoms with Gasteiger partial charge in [0.25, 0.3) is 0 Å². The number of rotatable bonds is 12. The summed E-state index contributed by atoms with van der Waals surface area (Å²) >= 11 is 0. The molecule has 0 heterocycles. The second-order valence-electron chi connectivity index (χ2n) is 10.2. The zero-order chi connectivity index (χ0) is 30.1. The van der Waals surface area contributed by atoms with E-state index in [2.05, 4.69) is 5.32 Å². The van der Waals surface area contributed by atoms with E-state index in [4.69, 9.17) is 0 Å². The minimum atomic E-state index is -3.79. The van der Waals surface area contributed by atoms with Crippen LogP contribution in [0.3, 0.4) is 0 Å². The van der Waals surface area contributed by atoms with Crippen LogP contribution in [0.25, 0.3) is 0 Å². The Morgan fingerprint density at radius 1 is 0.762 bits per heavy atom. The number of halogens is 1. The van der Waals surface area contributed by atoms with Crippen molar-refractivity contribution in [2.24, 2.45) is 0 Å². The highest BCUT2D eigenvalue weighted by atomic mass is 32.2. The van der Waals surface area contributed by atoms with Gasteiger partial charge in [0.2, 0.25) is 21.8 Å². The normalized spacial score (nSPS) is 12.1. The quantitative estimate of drug-likeness (QED) is 0.253. The van der Waals surface area contributed by atoms with Gasteiger partial charge in [-0.25, -0.2) is 12.8 Å². The summed E-state index contributed by atoms with van der Waals surface area (Å²) in [6.07, 6.45) is 1.05. The van der Waals surface area contributed by atoms with E-state index in [-0.39, 0.29) is 19.6 Å². The van der Waals surface area contributed by atoms with E-state index in [1.54, 1.807) is 60.7 Å². The first-order chi connectivity index (χ1) is 20.1. The van der Waals surface area contributed by atoms with E-state index in [0.29, 0.717) is 11.1 Å². The largest absolute Gasteiger partial charge is 0.350 e. The number of hydrogen-bond acceptors (Lipinski definition) is 4. The van der Waals surface area contributed by atoms with Gasteiger partial charge in [0.05, 0.1) is 12.8 Å². The SMILES string of the molecule is Cc1ccc(CNC(=O)C(c2ccccc2)N(Cc2ccc(F)cc2)C(=O)CN(Cc2ccccc2)S(C)(=O)=O)cc1. The highest BCUT2D eigenvalue weighted by Gasteiger charge is 2.33. The van der Waals surface area contributed by atoms with Gasteiger partial charge in [0, 0.05) is 19.6 Å². The van der Waals surface area contributed by atoms with Crippen LogP contribution in [0, 0.1) is 12.7 Å². The molecule has 0 aromatic heterocycles. The van der Waals surface area contributed by atoms with Crippen molar-refractivity contribution < 1.29 is 22.4 Å². The number of hydrogen-bond donors (Lipinski definition) is 1. The van der Waals surface area contributed by atoms with Crippen molar-refractivity contribution in [1.29, 1.82) is 0 Å². The predicted molar refractivity (Wildman–Crippen MR) is 161 cm³/mol.